The SMILES string of the molecule is Cc1nc(COc2ccc(C(=O)N3CC(C)OCC3C)cc2)no1. The Morgan fingerprint density at radius 1 is 1.33 bits per heavy atom. The molecule has 1 aliphatic heterocycles. The summed E-state index contributed by atoms with van der Waals surface area (Å²) in [5.41, 5.74) is 0.638. The predicted molar refractivity (Wildman–Crippen MR) is 85.7 cm³/mol. The minimum atomic E-state index is 0.0120. The van der Waals surface area contributed by atoms with Crippen LogP contribution in [0.5, 0.6) is 5.75 Å². The van der Waals surface area contributed by atoms with Gasteiger partial charge in [-0.25, -0.2) is 0 Å². The minimum Gasteiger partial charge on any atom is -0.485 e. The van der Waals surface area contributed by atoms with Crippen molar-refractivity contribution >= 4 is 5.91 Å². The number of aryl methyl sites for hydroxylation is 1. The molecule has 1 aliphatic rings. The molecule has 7 heteroatoms. The zero-order valence-corrected chi connectivity index (χ0v) is 14.1. The van der Waals surface area contributed by atoms with Gasteiger partial charge in [-0.1, -0.05) is 5.16 Å². The zero-order chi connectivity index (χ0) is 17.1. The number of benzene rings is 1. The molecule has 128 valence electrons. The molecule has 1 saturated heterocycles. The first-order chi connectivity index (χ1) is 11.5. The van der Waals surface area contributed by atoms with E-state index in [2.05, 4.69) is 10.1 Å². The van der Waals surface area contributed by atoms with Crippen LogP contribution in [-0.2, 0) is 11.3 Å². The lowest BCUT2D eigenvalue weighted by atomic mass is 10.1. The van der Waals surface area contributed by atoms with E-state index in [0.717, 1.165) is 0 Å². The molecule has 0 spiro atoms. The standard InChI is InChI=1S/C17H21N3O4/c1-11-9-22-12(2)8-20(11)17(21)14-4-6-15(7-5-14)23-10-16-18-13(3)24-19-16/h4-7,11-12H,8-10H2,1-3H3. The summed E-state index contributed by atoms with van der Waals surface area (Å²) in [4.78, 5) is 18.6. The number of ether oxygens (including phenoxy) is 2. The Kier molecular flexibility index (Phi) is 4.80. The number of nitrogens with zero attached hydrogens (tertiary/aromatic N) is 3. The number of carbonyl (C=O) groups excluding carboxylic acids is 1. The lowest BCUT2D eigenvalue weighted by Crippen LogP contribution is -2.50. The van der Waals surface area contributed by atoms with Crippen molar-refractivity contribution in [1.82, 2.24) is 15.0 Å². The predicted octanol–water partition coefficient (Wildman–Crippen LogP) is 2.21. The van der Waals surface area contributed by atoms with E-state index < -0.39 is 0 Å². The molecule has 7 nitrogen and oxygen atoms in total. The van der Waals surface area contributed by atoms with Crippen molar-refractivity contribution in [3.8, 4) is 5.75 Å². The van der Waals surface area contributed by atoms with Gasteiger partial charge in [0.15, 0.2) is 6.61 Å². The maximum absolute atomic E-state index is 12.6. The molecule has 0 N–H and O–H groups in total. The van der Waals surface area contributed by atoms with Crippen LogP contribution in [0, 0.1) is 6.92 Å². The molecule has 0 bridgehead atoms. The molecule has 0 saturated carbocycles. The van der Waals surface area contributed by atoms with E-state index in [1.165, 1.54) is 0 Å². The smallest absolute Gasteiger partial charge is 0.254 e. The summed E-state index contributed by atoms with van der Waals surface area (Å²) in [6, 6.07) is 7.16. The summed E-state index contributed by atoms with van der Waals surface area (Å²) in [6.07, 6.45) is 0.0613. The third-order valence-electron chi connectivity index (χ3n) is 3.91. The summed E-state index contributed by atoms with van der Waals surface area (Å²) < 4.78 is 16.0. The molecule has 1 amide bonds. The number of hydrogen-bond donors (Lipinski definition) is 0. The first-order valence-electron chi connectivity index (χ1n) is 7.97. The molecule has 2 atom stereocenters. The number of rotatable bonds is 4. The van der Waals surface area contributed by atoms with E-state index in [1.807, 2.05) is 18.7 Å². The van der Waals surface area contributed by atoms with Gasteiger partial charge in [0.05, 0.1) is 18.8 Å². The van der Waals surface area contributed by atoms with Gasteiger partial charge in [0.25, 0.3) is 5.91 Å². The van der Waals surface area contributed by atoms with Crippen LogP contribution in [-0.4, -0.2) is 46.2 Å². The van der Waals surface area contributed by atoms with Gasteiger partial charge in [-0.3, -0.25) is 4.79 Å². The van der Waals surface area contributed by atoms with Gasteiger partial charge < -0.3 is 18.9 Å². The normalized spacial score (nSPS) is 20.9. The fourth-order valence-electron chi connectivity index (χ4n) is 2.59. The van der Waals surface area contributed by atoms with E-state index in [4.69, 9.17) is 14.0 Å². The Morgan fingerprint density at radius 2 is 2.08 bits per heavy atom. The van der Waals surface area contributed by atoms with E-state index in [0.29, 0.717) is 36.2 Å². The quantitative estimate of drug-likeness (QED) is 0.855. The molecule has 0 aliphatic carbocycles. The molecule has 3 rings (SSSR count). The fraction of sp³-hybridized carbons (Fsp3) is 0.471. The number of hydrogen-bond acceptors (Lipinski definition) is 6. The second kappa shape index (κ2) is 7.00. The Morgan fingerprint density at radius 3 is 2.75 bits per heavy atom. The van der Waals surface area contributed by atoms with Gasteiger partial charge in [-0.2, -0.15) is 4.98 Å². The highest BCUT2D eigenvalue weighted by Crippen LogP contribution is 2.18. The summed E-state index contributed by atoms with van der Waals surface area (Å²) in [7, 11) is 0. The Labute approximate surface area is 140 Å². The van der Waals surface area contributed by atoms with Gasteiger partial charge >= 0.3 is 0 Å². The highest BCUT2D eigenvalue weighted by molar-refractivity contribution is 5.94. The average molecular weight is 331 g/mol. The van der Waals surface area contributed by atoms with Crippen molar-refractivity contribution in [2.45, 2.75) is 39.5 Å². The number of amides is 1. The molecular weight excluding hydrogens is 310 g/mol. The lowest BCUT2D eigenvalue weighted by Gasteiger charge is -2.36. The number of aromatic nitrogens is 2. The monoisotopic (exact) mass is 331 g/mol. The largest absolute Gasteiger partial charge is 0.485 e. The molecular formula is C17H21N3O4. The van der Waals surface area contributed by atoms with Crippen LogP contribution >= 0.6 is 0 Å². The summed E-state index contributed by atoms with van der Waals surface area (Å²) in [5, 5.41) is 3.77. The third kappa shape index (κ3) is 3.73. The van der Waals surface area contributed by atoms with Gasteiger partial charge in [-0.15, -0.1) is 0 Å². The van der Waals surface area contributed by atoms with E-state index in [1.54, 1.807) is 31.2 Å². The summed E-state index contributed by atoms with van der Waals surface area (Å²) >= 11 is 0. The molecule has 0 radical (unpaired) electrons. The maximum Gasteiger partial charge on any atom is 0.254 e. The van der Waals surface area contributed by atoms with Gasteiger partial charge in [-0.05, 0) is 38.1 Å². The number of carbonyl (C=O) groups is 1. The molecule has 2 aromatic rings. The van der Waals surface area contributed by atoms with Crippen molar-refractivity contribution in [1.29, 1.82) is 0 Å². The second-order valence-electron chi connectivity index (χ2n) is 5.99. The van der Waals surface area contributed by atoms with Crippen LogP contribution < -0.4 is 4.74 Å². The Balaban J connectivity index is 1.62. The topological polar surface area (TPSA) is 77.7 Å². The Bertz CT molecular complexity index is 698. The summed E-state index contributed by atoms with van der Waals surface area (Å²) in [5.74, 6) is 1.66. The second-order valence-corrected chi connectivity index (χ2v) is 5.99. The molecule has 1 fully saturated rings. The first kappa shape index (κ1) is 16.4. The van der Waals surface area contributed by atoms with Gasteiger partial charge in [0, 0.05) is 19.0 Å². The van der Waals surface area contributed by atoms with Crippen LogP contribution in [0.4, 0.5) is 0 Å². The minimum absolute atomic E-state index is 0.0120. The van der Waals surface area contributed by atoms with Crippen molar-refractivity contribution < 1.29 is 18.8 Å². The van der Waals surface area contributed by atoms with Crippen LogP contribution in [0.25, 0.3) is 0 Å². The van der Waals surface area contributed by atoms with Gasteiger partial charge in [0.1, 0.15) is 5.75 Å². The molecule has 2 unspecified atom stereocenters. The highest BCUT2D eigenvalue weighted by Gasteiger charge is 2.28. The molecule has 1 aromatic heterocycles. The van der Waals surface area contributed by atoms with Crippen molar-refractivity contribution in [2.24, 2.45) is 0 Å². The molecule has 24 heavy (non-hydrogen) atoms. The van der Waals surface area contributed by atoms with E-state index in [9.17, 15) is 4.79 Å². The fourth-order valence-corrected chi connectivity index (χ4v) is 2.59. The van der Waals surface area contributed by atoms with Crippen LogP contribution in [0.3, 0.4) is 0 Å². The lowest BCUT2D eigenvalue weighted by molar-refractivity contribution is -0.0387. The third-order valence-corrected chi connectivity index (χ3v) is 3.91. The first-order valence-corrected chi connectivity index (χ1v) is 7.97. The van der Waals surface area contributed by atoms with Crippen LogP contribution in [0.15, 0.2) is 28.8 Å². The van der Waals surface area contributed by atoms with Crippen molar-refractivity contribution in [2.75, 3.05) is 13.2 Å². The van der Waals surface area contributed by atoms with E-state index >= 15 is 0 Å². The van der Waals surface area contributed by atoms with Crippen LogP contribution in [0.2, 0.25) is 0 Å². The average Bonchev–Trinajstić information content (AvgIpc) is 3.00. The summed E-state index contributed by atoms with van der Waals surface area (Å²) in [6.45, 7) is 7.09. The van der Waals surface area contributed by atoms with Crippen molar-refractivity contribution in [3.05, 3.63) is 41.5 Å². The van der Waals surface area contributed by atoms with E-state index in [-0.39, 0.29) is 24.7 Å². The van der Waals surface area contributed by atoms with Crippen molar-refractivity contribution in [3.63, 3.8) is 0 Å². The zero-order valence-electron chi connectivity index (χ0n) is 14.1. The maximum atomic E-state index is 12.6. The molecule has 2 heterocycles. The number of morpholine rings is 1. The molecule has 1 aromatic carbocycles. The van der Waals surface area contributed by atoms with Crippen LogP contribution in [0.1, 0.15) is 35.9 Å². The van der Waals surface area contributed by atoms with Gasteiger partial charge in [0.2, 0.25) is 11.7 Å². The Hall–Kier alpha value is -2.41. The highest BCUT2D eigenvalue weighted by atomic mass is 16.5.